The molecule has 23 heavy (non-hydrogen) atoms. The van der Waals surface area contributed by atoms with Gasteiger partial charge < -0.3 is 15.5 Å². The van der Waals surface area contributed by atoms with Gasteiger partial charge in [0.1, 0.15) is 0 Å². The lowest BCUT2D eigenvalue weighted by Gasteiger charge is -2.22. The van der Waals surface area contributed by atoms with Crippen molar-refractivity contribution in [3.63, 3.8) is 0 Å². The van der Waals surface area contributed by atoms with Crippen LogP contribution in [0.3, 0.4) is 0 Å². The number of nitrogens with one attached hydrogen (secondary N) is 2. The number of hydrogen-bond donors (Lipinski definition) is 2. The number of hydrogen-bond acceptors (Lipinski definition) is 2. The average molecular weight is 337 g/mol. The van der Waals surface area contributed by atoms with E-state index in [-0.39, 0.29) is 11.8 Å². The molecule has 0 spiro atoms. The van der Waals surface area contributed by atoms with Crippen LogP contribution in [0.1, 0.15) is 25.3 Å². The Balaban J connectivity index is 1.86. The second kappa shape index (κ2) is 8.77. The maximum atomic E-state index is 11.6. The normalized spacial score (nSPS) is 14.5. The Hall–Kier alpha value is -1.75. The predicted octanol–water partition coefficient (Wildman–Crippen LogP) is 2.26. The molecule has 2 N–H and O–H groups in total. The van der Waals surface area contributed by atoms with E-state index in [0.29, 0.717) is 19.6 Å². The van der Waals surface area contributed by atoms with Crippen molar-refractivity contribution in [2.24, 2.45) is 10.9 Å². The first-order valence-corrected chi connectivity index (χ1v) is 8.50. The van der Waals surface area contributed by atoms with Crippen molar-refractivity contribution in [3.8, 4) is 0 Å². The van der Waals surface area contributed by atoms with Gasteiger partial charge in [-0.05, 0) is 31.4 Å². The van der Waals surface area contributed by atoms with Crippen molar-refractivity contribution in [3.05, 3.63) is 34.9 Å². The summed E-state index contributed by atoms with van der Waals surface area (Å²) >= 11 is 6.21. The molecule has 1 fully saturated rings. The smallest absolute Gasteiger partial charge is 0.223 e. The first kappa shape index (κ1) is 17.6. The SMILES string of the molecule is CCNC(=NCCNC(=O)C1CC1)N(C)Cc1ccccc1Cl. The third kappa shape index (κ3) is 5.75. The van der Waals surface area contributed by atoms with Crippen molar-refractivity contribution in [1.82, 2.24) is 15.5 Å². The summed E-state index contributed by atoms with van der Waals surface area (Å²) in [4.78, 5) is 18.2. The number of amides is 1. The molecular weight excluding hydrogens is 312 g/mol. The fourth-order valence-electron chi connectivity index (χ4n) is 2.26. The quantitative estimate of drug-likeness (QED) is 0.456. The van der Waals surface area contributed by atoms with Gasteiger partial charge in [0.05, 0.1) is 6.54 Å². The molecule has 1 aromatic rings. The molecule has 6 heteroatoms. The second-order valence-corrected chi connectivity index (χ2v) is 6.16. The number of rotatable bonds is 7. The van der Waals surface area contributed by atoms with Crippen LogP contribution in [-0.4, -0.2) is 43.4 Å². The molecule has 0 radical (unpaired) electrons. The van der Waals surface area contributed by atoms with Gasteiger partial charge in [0.2, 0.25) is 5.91 Å². The maximum absolute atomic E-state index is 11.6. The summed E-state index contributed by atoms with van der Waals surface area (Å²) in [6.45, 7) is 4.64. The summed E-state index contributed by atoms with van der Waals surface area (Å²) in [6.07, 6.45) is 2.05. The number of benzene rings is 1. The molecule has 0 aliphatic heterocycles. The van der Waals surface area contributed by atoms with Crippen LogP contribution in [0.4, 0.5) is 0 Å². The van der Waals surface area contributed by atoms with Gasteiger partial charge in [0, 0.05) is 37.6 Å². The Kier molecular flexibility index (Phi) is 6.71. The monoisotopic (exact) mass is 336 g/mol. The molecule has 2 rings (SSSR count). The van der Waals surface area contributed by atoms with Crippen LogP contribution in [0, 0.1) is 5.92 Å². The Labute approximate surface area is 143 Å². The molecule has 1 aromatic carbocycles. The number of carbonyl (C=O) groups excluding carboxylic acids is 1. The van der Waals surface area contributed by atoms with Gasteiger partial charge in [0.25, 0.3) is 0 Å². The second-order valence-electron chi connectivity index (χ2n) is 5.75. The fourth-order valence-corrected chi connectivity index (χ4v) is 2.45. The summed E-state index contributed by atoms with van der Waals surface area (Å²) in [5.74, 6) is 1.22. The average Bonchev–Trinajstić information content (AvgIpc) is 3.37. The van der Waals surface area contributed by atoms with Crippen molar-refractivity contribution in [1.29, 1.82) is 0 Å². The zero-order valence-electron chi connectivity index (χ0n) is 13.8. The highest BCUT2D eigenvalue weighted by Gasteiger charge is 2.28. The number of halogens is 1. The van der Waals surface area contributed by atoms with Crippen LogP contribution in [0.15, 0.2) is 29.3 Å². The van der Waals surface area contributed by atoms with E-state index in [2.05, 4.69) is 15.6 Å². The first-order valence-electron chi connectivity index (χ1n) is 8.12. The topological polar surface area (TPSA) is 56.7 Å². The Morgan fingerprint density at radius 2 is 2.09 bits per heavy atom. The largest absolute Gasteiger partial charge is 0.357 e. The molecule has 0 aromatic heterocycles. The summed E-state index contributed by atoms with van der Waals surface area (Å²) in [7, 11) is 1.98. The molecule has 0 bridgehead atoms. The van der Waals surface area contributed by atoms with Crippen LogP contribution in [0.5, 0.6) is 0 Å². The summed E-state index contributed by atoms with van der Waals surface area (Å²) < 4.78 is 0. The van der Waals surface area contributed by atoms with Gasteiger partial charge in [-0.15, -0.1) is 0 Å². The molecular formula is C17H25ClN4O. The summed E-state index contributed by atoms with van der Waals surface area (Å²) in [6, 6.07) is 7.81. The highest BCUT2D eigenvalue weighted by molar-refractivity contribution is 6.31. The van der Waals surface area contributed by atoms with E-state index in [1.165, 1.54) is 0 Å². The van der Waals surface area contributed by atoms with Gasteiger partial charge in [-0.1, -0.05) is 29.8 Å². The lowest BCUT2D eigenvalue weighted by atomic mass is 10.2. The summed E-state index contributed by atoms with van der Waals surface area (Å²) in [5, 5.41) is 6.95. The number of nitrogens with zero attached hydrogens (tertiary/aromatic N) is 2. The molecule has 1 saturated carbocycles. The highest BCUT2D eigenvalue weighted by Crippen LogP contribution is 2.28. The van der Waals surface area contributed by atoms with E-state index in [9.17, 15) is 4.79 Å². The van der Waals surface area contributed by atoms with E-state index in [4.69, 9.17) is 11.6 Å². The summed E-state index contributed by atoms with van der Waals surface area (Å²) in [5.41, 5.74) is 1.06. The number of guanidine groups is 1. The van der Waals surface area contributed by atoms with Crippen LogP contribution >= 0.6 is 11.6 Å². The third-order valence-electron chi connectivity index (χ3n) is 3.68. The maximum Gasteiger partial charge on any atom is 0.223 e. The lowest BCUT2D eigenvalue weighted by Crippen LogP contribution is -2.39. The molecule has 0 heterocycles. The van der Waals surface area contributed by atoms with E-state index < -0.39 is 0 Å². The van der Waals surface area contributed by atoms with E-state index in [1.807, 2.05) is 43.1 Å². The Morgan fingerprint density at radius 1 is 1.35 bits per heavy atom. The Bertz CT molecular complexity index is 557. The lowest BCUT2D eigenvalue weighted by molar-refractivity contribution is -0.122. The van der Waals surface area contributed by atoms with Gasteiger partial charge in [-0.2, -0.15) is 0 Å². The van der Waals surface area contributed by atoms with Gasteiger partial charge >= 0.3 is 0 Å². The zero-order valence-corrected chi connectivity index (χ0v) is 14.6. The molecule has 1 aliphatic carbocycles. The molecule has 1 amide bonds. The molecule has 126 valence electrons. The van der Waals surface area contributed by atoms with Crippen LogP contribution < -0.4 is 10.6 Å². The van der Waals surface area contributed by atoms with Crippen LogP contribution in [-0.2, 0) is 11.3 Å². The zero-order chi connectivity index (χ0) is 16.7. The van der Waals surface area contributed by atoms with E-state index in [1.54, 1.807) is 0 Å². The first-order chi connectivity index (χ1) is 11.1. The van der Waals surface area contributed by atoms with E-state index >= 15 is 0 Å². The molecule has 0 atom stereocenters. The minimum atomic E-state index is 0.162. The standard InChI is InChI=1S/C17H25ClN4O/c1-3-19-17(21-11-10-20-16(23)13-8-9-13)22(2)12-14-6-4-5-7-15(14)18/h4-7,13H,3,8-12H2,1-2H3,(H,19,21)(H,20,23). The van der Waals surface area contributed by atoms with Crippen LogP contribution in [0.2, 0.25) is 5.02 Å². The number of carbonyl (C=O) groups is 1. The van der Waals surface area contributed by atoms with Crippen molar-refractivity contribution in [2.75, 3.05) is 26.7 Å². The van der Waals surface area contributed by atoms with Crippen molar-refractivity contribution < 1.29 is 4.79 Å². The highest BCUT2D eigenvalue weighted by atomic mass is 35.5. The van der Waals surface area contributed by atoms with Crippen molar-refractivity contribution >= 4 is 23.5 Å². The molecule has 1 aliphatic rings. The fraction of sp³-hybridized carbons (Fsp3) is 0.529. The van der Waals surface area contributed by atoms with Gasteiger partial charge in [0.15, 0.2) is 5.96 Å². The minimum absolute atomic E-state index is 0.162. The predicted molar refractivity (Wildman–Crippen MR) is 94.6 cm³/mol. The number of aliphatic imine (C=N–C) groups is 1. The minimum Gasteiger partial charge on any atom is -0.357 e. The van der Waals surface area contributed by atoms with Crippen molar-refractivity contribution in [2.45, 2.75) is 26.3 Å². The third-order valence-corrected chi connectivity index (χ3v) is 4.05. The Morgan fingerprint density at radius 3 is 2.74 bits per heavy atom. The van der Waals surface area contributed by atoms with Gasteiger partial charge in [-0.3, -0.25) is 9.79 Å². The van der Waals surface area contributed by atoms with Gasteiger partial charge in [-0.25, -0.2) is 0 Å². The van der Waals surface area contributed by atoms with E-state index in [0.717, 1.165) is 35.9 Å². The molecule has 0 unspecified atom stereocenters. The van der Waals surface area contributed by atoms with Crippen LogP contribution in [0.25, 0.3) is 0 Å². The molecule has 0 saturated heterocycles. The molecule has 5 nitrogen and oxygen atoms in total.